The monoisotopic (exact) mass is 326 g/mol. The van der Waals surface area contributed by atoms with Crippen LogP contribution >= 0.6 is 0 Å². The zero-order valence-electron chi connectivity index (χ0n) is 13.2. The Hall–Kier alpha value is -2.61. The van der Waals surface area contributed by atoms with Gasteiger partial charge >= 0.3 is 0 Å². The molecule has 2 aromatic rings. The van der Waals surface area contributed by atoms with E-state index >= 15 is 0 Å². The van der Waals surface area contributed by atoms with E-state index in [9.17, 15) is 4.79 Å². The second-order valence-corrected chi connectivity index (χ2v) is 6.03. The maximum atomic E-state index is 12.4. The minimum atomic E-state index is -0.184. The number of rotatable bonds is 4. The summed E-state index contributed by atoms with van der Waals surface area (Å²) in [6.07, 6.45) is 10.3. The third-order valence-electron chi connectivity index (χ3n) is 4.41. The van der Waals surface area contributed by atoms with Crippen molar-refractivity contribution in [1.29, 1.82) is 0 Å². The number of hydrogen-bond acceptors (Lipinski definition) is 7. The van der Waals surface area contributed by atoms with Crippen LogP contribution in [-0.2, 0) is 10.3 Å². The number of amides is 1. The second kappa shape index (κ2) is 6.12. The third kappa shape index (κ3) is 2.92. The predicted molar refractivity (Wildman–Crippen MR) is 85.3 cm³/mol. The number of morpholine rings is 1. The van der Waals surface area contributed by atoms with Gasteiger partial charge in [0.25, 0.3) is 5.91 Å². The molecular weight excluding hydrogens is 308 g/mol. The summed E-state index contributed by atoms with van der Waals surface area (Å²) in [4.78, 5) is 30.9. The summed E-state index contributed by atoms with van der Waals surface area (Å²) >= 11 is 0. The molecule has 0 unspecified atom stereocenters. The molecule has 2 fully saturated rings. The van der Waals surface area contributed by atoms with Crippen molar-refractivity contribution in [2.24, 2.45) is 0 Å². The van der Waals surface area contributed by atoms with Crippen molar-refractivity contribution in [3.63, 3.8) is 0 Å². The van der Waals surface area contributed by atoms with Gasteiger partial charge in [0.1, 0.15) is 6.33 Å². The molecule has 1 saturated heterocycles. The fourth-order valence-electron chi connectivity index (χ4n) is 2.82. The van der Waals surface area contributed by atoms with Crippen molar-refractivity contribution >= 4 is 11.9 Å². The second-order valence-electron chi connectivity index (χ2n) is 6.03. The lowest BCUT2D eigenvalue weighted by molar-refractivity contribution is 0.0302. The number of aromatic nitrogens is 4. The van der Waals surface area contributed by atoms with E-state index in [1.54, 1.807) is 17.3 Å². The number of anilines is 1. The molecule has 1 amide bonds. The number of carbonyl (C=O) groups is 1. The van der Waals surface area contributed by atoms with Crippen LogP contribution in [0.1, 0.15) is 28.8 Å². The molecule has 1 N–H and O–H groups in total. The molecule has 3 heterocycles. The first-order valence-electron chi connectivity index (χ1n) is 8.00. The summed E-state index contributed by atoms with van der Waals surface area (Å²) in [5.41, 5.74) is 1.34. The summed E-state index contributed by atoms with van der Waals surface area (Å²) in [6, 6.07) is 0. The van der Waals surface area contributed by atoms with Crippen LogP contribution in [0.5, 0.6) is 0 Å². The fourth-order valence-corrected chi connectivity index (χ4v) is 2.82. The molecule has 2 aromatic heterocycles. The molecule has 2 aliphatic rings. The lowest BCUT2D eigenvalue weighted by Gasteiger charge is -2.26. The van der Waals surface area contributed by atoms with Crippen LogP contribution in [0.4, 0.5) is 5.95 Å². The molecule has 0 bridgehead atoms. The molecule has 124 valence electrons. The van der Waals surface area contributed by atoms with Crippen LogP contribution in [0.3, 0.4) is 0 Å². The number of carbonyl (C=O) groups excluding carboxylic acids is 1. The lowest BCUT2D eigenvalue weighted by Crippen LogP contribution is -2.40. The van der Waals surface area contributed by atoms with Gasteiger partial charge in [-0.1, -0.05) is 0 Å². The molecule has 0 atom stereocenters. The predicted octanol–water partition coefficient (Wildman–Crippen LogP) is 0.840. The average molecular weight is 326 g/mol. The third-order valence-corrected chi connectivity index (χ3v) is 4.41. The smallest absolute Gasteiger partial charge is 0.257 e. The van der Waals surface area contributed by atoms with Crippen LogP contribution in [-0.4, -0.2) is 57.0 Å². The molecule has 4 rings (SSSR count). The Morgan fingerprint density at radius 2 is 1.75 bits per heavy atom. The quantitative estimate of drug-likeness (QED) is 0.890. The highest BCUT2D eigenvalue weighted by atomic mass is 16.5. The number of nitrogens with one attached hydrogen (secondary N) is 1. The van der Waals surface area contributed by atoms with E-state index in [1.165, 1.54) is 6.33 Å². The fraction of sp³-hybridized carbons (Fsp3) is 0.438. The molecule has 1 saturated carbocycles. The van der Waals surface area contributed by atoms with Crippen molar-refractivity contribution in [2.45, 2.75) is 18.4 Å². The molecule has 0 spiro atoms. The molecule has 8 nitrogen and oxygen atoms in total. The highest BCUT2D eigenvalue weighted by Gasteiger charge is 2.45. The van der Waals surface area contributed by atoms with Crippen LogP contribution in [0.15, 0.2) is 31.1 Å². The molecule has 8 heteroatoms. The van der Waals surface area contributed by atoms with Crippen LogP contribution in [0, 0.1) is 0 Å². The van der Waals surface area contributed by atoms with E-state index in [0.717, 1.165) is 18.4 Å². The maximum absolute atomic E-state index is 12.4. The zero-order valence-corrected chi connectivity index (χ0v) is 13.2. The molecule has 0 aromatic carbocycles. The van der Waals surface area contributed by atoms with E-state index in [4.69, 9.17) is 4.74 Å². The molecule has 24 heavy (non-hydrogen) atoms. The van der Waals surface area contributed by atoms with E-state index in [-0.39, 0.29) is 11.4 Å². The number of ether oxygens (including phenoxy) is 1. The van der Waals surface area contributed by atoms with Gasteiger partial charge in [-0.2, -0.15) is 0 Å². The van der Waals surface area contributed by atoms with E-state index in [1.807, 2.05) is 12.4 Å². The zero-order chi connectivity index (χ0) is 16.4. The Morgan fingerprint density at radius 3 is 2.38 bits per heavy atom. The van der Waals surface area contributed by atoms with Gasteiger partial charge < -0.3 is 15.0 Å². The van der Waals surface area contributed by atoms with Gasteiger partial charge in [-0.05, 0) is 12.8 Å². The van der Waals surface area contributed by atoms with E-state index < -0.39 is 0 Å². The molecule has 1 aliphatic carbocycles. The van der Waals surface area contributed by atoms with Crippen molar-refractivity contribution in [2.75, 3.05) is 31.6 Å². The van der Waals surface area contributed by atoms with Crippen molar-refractivity contribution in [1.82, 2.24) is 24.8 Å². The summed E-state index contributed by atoms with van der Waals surface area (Å²) < 4.78 is 5.26. The highest BCUT2D eigenvalue weighted by Crippen LogP contribution is 2.47. The minimum Gasteiger partial charge on any atom is -0.378 e. The Kier molecular flexibility index (Phi) is 3.81. The SMILES string of the molecule is O=C(c1cnc(NC2(c3cncnc3)CC2)nc1)N1CCOCC1. The normalized spacial score (nSPS) is 18.9. The van der Waals surface area contributed by atoms with Crippen molar-refractivity contribution < 1.29 is 9.53 Å². The van der Waals surface area contributed by atoms with Crippen LogP contribution in [0.2, 0.25) is 0 Å². The van der Waals surface area contributed by atoms with Crippen LogP contribution in [0.25, 0.3) is 0 Å². The first kappa shape index (κ1) is 14.9. The minimum absolute atomic E-state index is 0.0533. The largest absolute Gasteiger partial charge is 0.378 e. The Balaban J connectivity index is 1.45. The standard InChI is InChI=1S/C16H18N6O2/c23-14(22-3-5-24-6-4-22)12-7-19-15(20-8-12)21-16(1-2-16)13-9-17-11-18-10-13/h7-11H,1-6H2,(H,19,20,21). The Bertz CT molecular complexity index is 711. The summed E-state index contributed by atoms with van der Waals surface area (Å²) in [6.45, 7) is 2.37. The summed E-state index contributed by atoms with van der Waals surface area (Å²) in [7, 11) is 0. The lowest BCUT2D eigenvalue weighted by atomic mass is 10.1. The maximum Gasteiger partial charge on any atom is 0.257 e. The highest BCUT2D eigenvalue weighted by molar-refractivity contribution is 5.93. The van der Waals surface area contributed by atoms with Gasteiger partial charge in [-0.3, -0.25) is 4.79 Å². The molecular formula is C16H18N6O2. The van der Waals surface area contributed by atoms with Crippen molar-refractivity contribution in [3.05, 3.63) is 42.2 Å². The molecule has 1 aliphatic heterocycles. The van der Waals surface area contributed by atoms with Crippen LogP contribution < -0.4 is 5.32 Å². The average Bonchev–Trinajstić information content (AvgIpc) is 3.44. The van der Waals surface area contributed by atoms with Crippen molar-refractivity contribution in [3.8, 4) is 0 Å². The molecule has 0 radical (unpaired) electrons. The first-order chi connectivity index (χ1) is 11.8. The van der Waals surface area contributed by atoms with E-state index in [0.29, 0.717) is 37.8 Å². The number of hydrogen-bond donors (Lipinski definition) is 1. The van der Waals surface area contributed by atoms with Gasteiger partial charge in [0.2, 0.25) is 5.95 Å². The first-order valence-corrected chi connectivity index (χ1v) is 8.00. The van der Waals surface area contributed by atoms with Gasteiger partial charge in [-0.25, -0.2) is 19.9 Å². The van der Waals surface area contributed by atoms with Gasteiger partial charge in [-0.15, -0.1) is 0 Å². The van der Waals surface area contributed by atoms with Gasteiger partial charge in [0, 0.05) is 43.4 Å². The summed E-state index contributed by atoms with van der Waals surface area (Å²) in [5.74, 6) is 0.456. The summed E-state index contributed by atoms with van der Waals surface area (Å²) in [5, 5.41) is 3.34. The van der Waals surface area contributed by atoms with Gasteiger partial charge in [0.15, 0.2) is 0 Å². The number of nitrogens with zero attached hydrogens (tertiary/aromatic N) is 5. The van der Waals surface area contributed by atoms with E-state index in [2.05, 4.69) is 25.3 Å². The Morgan fingerprint density at radius 1 is 1.08 bits per heavy atom. The van der Waals surface area contributed by atoms with Gasteiger partial charge in [0.05, 0.1) is 24.3 Å². The Labute approximate surface area is 139 Å². The topological polar surface area (TPSA) is 93.1 Å².